The van der Waals surface area contributed by atoms with Gasteiger partial charge in [-0.15, -0.1) is 0 Å². The first-order chi connectivity index (χ1) is 19.4. The molecule has 1 heterocycles. The van der Waals surface area contributed by atoms with Gasteiger partial charge in [-0.25, -0.2) is 0 Å². The van der Waals surface area contributed by atoms with Gasteiger partial charge in [0.15, 0.2) is 11.5 Å². The SMILES string of the molecule is CCOc1cc(C(=O)N(Cc2cc3ccc(OC)cc3[nH]c2=O)c2ccccc2OC)cc(OCC)c1OCC. The number of ether oxygens (including phenoxy) is 5. The monoisotopic (exact) mass is 546 g/mol. The topological polar surface area (TPSA) is 99.3 Å². The van der Waals surface area contributed by atoms with Crippen LogP contribution >= 0.6 is 0 Å². The van der Waals surface area contributed by atoms with Crippen LogP contribution in [0.4, 0.5) is 5.69 Å². The fourth-order valence-corrected chi connectivity index (χ4v) is 4.43. The molecule has 0 saturated heterocycles. The van der Waals surface area contributed by atoms with Gasteiger partial charge in [-0.3, -0.25) is 9.59 Å². The number of H-pyrrole nitrogens is 1. The van der Waals surface area contributed by atoms with Gasteiger partial charge in [0.1, 0.15) is 11.5 Å². The smallest absolute Gasteiger partial charge is 0.258 e. The maximum absolute atomic E-state index is 14.2. The van der Waals surface area contributed by atoms with Gasteiger partial charge in [0.05, 0.1) is 51.8 Å². The molecular weight excluding hydrogens is 512 g/mol. The predicted octanol–water partition coefficient (Wildman–Crippen LogP) is 5.59. The average molecular weight is 547 g/mol. The number of pyridine rings is 1. The van der Waals surface area contributed by atoms with Crippen molar-refractivity contribution in [2.75, 3.05) is 38.9 Å². The van der Waals surface area contributed by atoms with Crippen LogP contribution in [-0.2, 0) is 6.54 Å². The number of fused-ring (bicyclic) bond motifs is 1. The third kappa shape index (κ3) is 5.98. The minimum absolute atomic E-state index is 0.0162. The number of carbonyl (C=O) groups excluding carboxylic acids is 1. The number of rotatable bonds is 12. The maximum atomic E-state index is 14.2. The summed E-state index contributed by atoms with van der Waals surface area (Å²) in [5.41, 5.74) is 1.54. The predicted molar refractivity (Wildman–Crippen MR) is 155 cm³/mol. The van der Waals surface area contributed by atoms with Gasteiger partial charge in [-0.1, -0.05) is 12.1 Å². The summed E-state index contributed by atoms with van der Waals surface area (Å²) in [6, 6.07) is 17.7. The lowest BCUT2D eigenvalue weighted by Crippen LogP contribution is -2.33. The first-order valence-electron chi connectivity index (χ1n) is 13.1. The molecule has 0 fully saturated rings. The van der Waals surface area contributed by atoms with Gasteiger partial charge >= 0.3 is 0 Å². The number of nitrogens with one attached hydrogen (secondary N) is 1. The first-order valence-corrected chi connectivity index (χ1v) is 13.1. The molecule has 4 rings (SSSR count). The molecule has 0 saturated carbocycles. The highest BCUT2D eigenvalue weighted by Crippen LogP contribution is 2.40. The van der Waals surface area contributed by atoms with E-state index in [0.29, 0.717) is 70.9 Å². The Morgan fingerprint density at radius 1 is 0.800 bits per heavy atom. The fraction of sp³-hybridized carbons (Fsp3) is 0.290. The number of aromatic nitrogens is 1. The molecule has 0 aliphatic rings. The Hall–Kier alpha value is -4.66. The van der Waals surface area contributed by atoms with Crippen LogP contribution in [0, 0.1) is 0 Å². The van der Waals surface area contributed by atoms with E-state index in [2.05, 4.69) is 4.98 Å². The van der Waals surface area contributed by atoms with Gasteiger partial charge in [0.2, 0.25) is 5.75 Å². The van der Waals surface area contributed by atoms with Gasteiger partial charge in [-0.05, 0) is 68.6 Å². The lowest BCUT2D eigenvalue weighted by Gasteiger charge is -2.25. The first kappa shape index (κ1) is 28.4. The Morgan fingerprint density at radius 2 is 1.48 bits per heavy atom. The molecule has 4 aromatic rings. The van der Waals surface area contributed by atoms with Crippen LogP contribution in [0.2, 0.25) is 0 Å². The number of methoxy groups -OCH3 is 2. The molecule has 0 bridgehead atoms. The molecule has 1 aromatic heterocycles. The number of amides is 1. The highest BCUT2D eigenvalue weighted by atomic mass is 16.5. The Morgan fingerprint density at radius 3 is 2.10 bits per heavy atom. The second-order valence-corrected chi connectivity index (χ2v) is 8.74. The average Bonchev–Trinajstić information content (AvgIpc) is 2.97. The Bertz CT molecular complexity index is 1520. The molecule has 1 amide bonds. The summed E-state index contributed by atoms with van der Waals surface area (Å²) in [5.74, 6) is 1.98. The van der Waals surface area contributed by atoms with Crippen molar-refractivity contribution in [3.8, 4) is 28.7 Å². The van der Waals surface area contributed by atoms with Crippen molar-refractivity contribution in [3.63, 3.8) is 0 Å². The van der Waals surface area contributed by atoms with Crippen LogP contribution in [0.25, 0.3) is 10.9 Å². The molecular formula is C31H34N2O7. The Kier molecular flexibility index (Phi) is 9.16. The minimum atomic E-state index is -0.372. The molecule has 0 atom stereocenters. The van der Waals surface area contributed by atoms with E-state index >= 15 is 0 Å². The van der Waals surface area contributed by atoms with Crippen LogP contribution < -0.4 is 34.1 Å². The van der Waals surface area contributed by atoms with Crippen LogP contribution in [0.3, 0.4) is 0 Å². The van der Waals surface area contributed by atoms with Crippen molar-refractivity contribution in [1.82, 2.24) is 4.98 Å². The van der Waals surface area contributed by atoms with Crippen molar-refractivity contribution < 1.29 is 28.5 Å². The van der Waals surface area contributed by atoms with Gasteiger partial charge < -0.3 is 33.6 Å². The zero-order chi connectivity index (χ0) is 28.6. The molecule has 40 heavy (non-hydrogen) atoms. The number of aromatic amines is 1. The number of hydrogen-bond donors (Lipinski definition) is 1. The van der Waals surface area contributed by atoms with Crippen LogP contribution in [0.5, 0.6) is 28.7 Å². The van der Waals surface area contributed by atoms with E-state index in [4.69, 9.17) is 23.7 Å². The van der Waals surface area contributed by atoms with Crippen molar-refractivity contribution in [2.45, 2.75) is 27.3 Å². The van der Waals surface area contributed by atoms with Crippen LogP contribution in [0.1, 0.15) is 36.7 Å². The number of hydrogen-bond acceptors (Lipinski definition) is 7. The molecule has 210 valence electrons. The Labute approximate surface area is 233 Å². The van der Waals surface area contributed by atoms with Crippen molar-refractivity contribution in [1.29, 1.82) is 0 Å². The summed E-state index contributed by atoms with van der Waals surface area (Å²) in [5, 5.41) is 0.807. The van der Waals surface area contributed by atoms with Gasteiger partial charge in [-0.2, -0.15) is 0 Å². The highest BCUT2D eigenvalue weighted by Gasteiger charge is 2.26. The maximum Gasteiger partial charge on any atom is 0.258 e. The molecule has 0 unspecified atom stereocenters. The summed E-state index contributed by atoms with van der Waals surface area (Å²) in [6.45, 7) is 6.70. The zero-order valence-electron chi connectivity index (χ0n) is 23.4. The van der Waals surface area contributed by atoms with E-state index in [0.717, 1.165) is 5.39 Å². The molecule has 9 heteroatoms. The summed E-state index contributed by atoms with van der Waals surface area (Å²) in [4.78, 5) is 31.9. The highest BCUT2D eigenvalue weighted by molar-refractivity contribution is 6.07. The van der Waals surface area contributed by atoms with E-state index in [1.807, 2.05) is 45.0 Å². The van der Waals surface area contributed by atoms with E-state index in [9.17, 15) is 9.59 Å². The third-order valence-corrected chi connectivity index (χ3v) is 6.24. The largest absolute Gasteiger partial charge is 0.497 e. The molecule has 3 aromatic carbocycles. The van der Waals surface area contributed by atoms with Crippen molar-refractivity contribution in [3.05, 3.63) is 82.1 Å². The number of anilines is 1. The lowest BCUT2D eigenvalue weighted by molar-refractivity contribution is 0.0983. The third-order valence-electron chi connectivity index (χ3n) is 6.24. The van der Waals surface area contributed by atoms with E-state index in [1.165, 1.54) is 12.0 Å². The normalized spacial score (nSPS) is 10.7. The second-order valence-electron chi connectivity index (χ2n) is 8.74. The van der Waals surface area contributed by atoms with Crippen LogP contribution in [0.15, 0.2) is 65.5 Å². The quantitative estimate of drug-likeness (QED) is 0.247. The standard InChI is InChI=1S/C31H34N2O7/c1-6-38-27-16-21(17-28(39-7-2)29(27)40-8-3)31(35)33(25-11-9-10-12-26(25)37-5)19-22-15-20-13-14-23(36-4)18-24(20)32-30(22)34/h9-18H,6-8,19H2,1-5H3,(H,32,34). The molecule has 1 N–H and O–H groups in total. The number of para-hydroxylation sites is 2. The fourth-order valence-electron chi connectivity index (χ4n) is 4.43. The molecule has 9 nitrogen and oxygen atoms in total. The van der Waals surface area contributed by atoms with E-state index in [-0.39, 0.29) is 18.0 Å². The molecule has 0 spiro atoms. The number of nitrogens with zero attached hydrogens (tertiary/aromatic N) is 1. The zero-order valence-corrected chi connectivity index (χ0v) is 23.4. The van der Waals surface area contributed by atoms with Gasteiger partial charge in [0.25, 0.3) is 11.5 Å². The summed E-state index contributed by atoms with van der Waals surface area (Å²) >= 11 is 0. The second kappa shape index (κ2) is 12.9. The van der Waals surface area contributed by atoms with Crippen molar-refractivity contribution in [2.24, 2.45) is 0 Å². The summed E-state index contributed by atoms with van der Waals surface area (Å²) in [6.07, 6.45) is 0. The molecule has 0 aliphatic heterocycles. The van der Waals surface area contributed by atoms with Gasteiger partial charge in [0, 0.05) is 17.2 Å². The van der Waals surface area contributed by atoms with E-state index < -0.39 is 0 Å². The van der Waals surface area contributed by atoms with E-state index in [1.54, 1.807) is 43.5 Å². The number of carbonyl (C=O) groups is 1. The Balaban J connectivity index is 1.85. The van der Waals surface area contributed by atoms with Crippen LogP contribution in [-0.4, -0.2) is 44.9 Å². The lowest BCUT2D eigenvalue weighted by atomic mass is 10.1. The number of benzene rings is 3. The van der Waals surface area contributed by atoms with Crippen molar-refractivity contribution >= 4 is 22.5 Å². The summed E-state index contributed by atoms with van der Waals surface area (Å²) in [7, 11) is 3.11. The molecule has 0 radical (unpaired) electrons. The molecule has 0 aliphatic carbocycles. The minimum Gasteiger partial charge on any atom is -0.497 e. The summed E-state index contributed by atoms with van der Waals surface area (Å²) < 4.78 is 28.4.